The lowest BCUT2D eigenvalue weighted by Gasteiger charge is -2.10. The van der Waals surface area contributed by atoms with Crippen molar-refractivity contribution in [3.63, 3.8) is 0 Å². The van der Waals surface area contributed by atoms with Crippen LogP contribution in [0.25, 0.3) is 0 Å². The molecule has 0 spiro atoms. The molecule has 2 aromatic carbocycles. The summed E-state index contributed by atoms with van der Waals surface area (Å²) < 4.78 is 0. The van der Waals surface area contributed by atoms with Crippen LogP contribution in [0.5, 0.6) is 0 Å². The standard InChI is InChI=1S/C24H32N4O3/c1-3-5-13-25-23(30)18-9-7-11-20(15-18)27-17-22(29)28-21-12-8-10-19(16-21)24(31)26-14-6-4-2/h7-12,15-16,27H,3-6,13-14,17H2,1-2H3,(H,25,30)(H,26,31)(H,28,29). The topological polar surface area (TPSA) is 99.3 Å². The minimum atomic E-state index is -0.249. The van der Waals surface area contributed by atoms with Crippen LogP contribution in [0, 0.1) is 0 Å². The summed E-state index contributed by atoms with van der Waals surface area (Å²) >= 11 is 0. The van der Waals surface area contributed by atoms with E-state index < -0.39 is 0 Å². The minimum absolute atomic E-state index is 0.0355. The second kappa shape index (κ2) is 13.1. The Labute approximate surface area is 184 Å². The number of unbranched alkanes of at least 4 members (excludes halogenated alkanes) is 2. The number of rotatable bonds is 12. The maximum absolute atomic E-state index is 12.3. The van der Waals surface area contributed by atoms with Crippen molar-refractivity contribution in [2.45, 2.75) is 39.5 Å². The van der Waals surface area contributed by atoms with E-state index in [1.54, 1.807) is 48.5 Å². The fourth-order valence-electron chi connectivity index (χ4n) is 2.86. The van der Waals surface area contributed by atoms with Crippen molar-refractivity contribution in [2.24, 2.45) is 0 Å². The molecule has 31 heavy (non-hydrogen) atoms. The molecule has 2 rings (SSSR count). The zero-order valence-corrected chi connectivity index (χ0v) is 18.3. The van der Waals surface area contributed by atoms with E-state index in [0.717, 1.165) is 25.7 Å². The quantitative estimate of drug-likeness (QED) is 0.390. The number of anilines is 2. The van der Waals surface area contributed by atoms with Crippen LogP contribution in [-0.2, 0) is 4.79 Å². The van der Waals surface area contributed by atoms with Gasteiger partial charge in [0, 0.05) is 35.6 Å². The van der Waals surface area contributed by atoms with Gasteiger partial charge in [0.15, 0.2) is 0 Å². The Morgan fingerprint density at radius 2 is 1.26 bits per heavy atom. The van der Waals surface area contributed by atoms with Gasteiger partial charge in [-0.05, 0) is 49.2 Å². The maximum atomic E-state index is 12.3. The van der Waals surface area contributed by atoms with Gasteiger partial charge in [-0.25, -0.2) is 0 Å². The lowest BCUT2D eigenvalue weighted by atomic mass is 10.1. The number of carbonyl (C=O) groups is 3. The second-order valence-corrected chi connectivity index (χ2v) is 7.28. The van der Waals surface area contributed by atoms with Gasteiger partial charge < -0.3 is 21.3 Å². The van der Waals surface area contributed by atoms with Crippen molar-refractivity contribution in [1.29, 1.82) is 0 Å². The Morgan fingerprint density at radius 3 is 1.81 bits per heavy atom. The number of hydrogen-bond donors (Lipinski definition) is 4. The van der Waals surface area contributed by atoms with Crippen molar-refractivity contribution in [3.8, 4) is 0 Å². The van der Waals surface area contributed by atoms with Gasteiger partial charge in [-0.15, -0.1) is 0 Å². The van der Waals surface area contributed by atoms with Crippen LogP contribution in [0.15, 0.2) is 48.5 Å². The molecule has 7 heteroatoms. The first-order chi connectivity index (χ1) is 15.0. The highest BCUT2D eigenvalue weighted by Gasteiger charge is 2.09. The van der Waals surface area contributed by atoms with Gasteiger partial charge in [0.1, 0.15) is 0 Å². The lowest BCUT2D eigenvalue weighted by molar-refractivity contribution is -0.114. The van der Waals surface area contributed by atoms with E-state index in [2.05, 4.69) is 35.1 Å². The van der Waals surface area contributed by atoms with E-state index in [9.17, 15) is 14.4 Å². The van der Waals surface area contributed by atoms with Gasteiger partial charge in [-0.3, -0.25) is 14.4 Å². The normalized spacial score (nSPS) is 10.3. The van der Waals surface area contributed by atoms with Gasteiger partial charge >= 0.3 is 0 Å². The third-order valence-electron chi connectivity index (χ3n) is 4.62. The zero-order chi connectivity index (χ0) is 22.5. The largest absolute Gasteiger partial charge is 0.376 e. The average molecular weight is 425 g/mol. The predicted molar refractivity (Wildman–Crippen MR) is 124 cm³/mol. The lowest BCUT2D eigenvalue weighted by Crippen LogP contribution is -2.25. The van der Waals surface area contributed by atoms with Crippen molar-refractivity contribution < 1.29 is 14.4 Å². The molecule has 166 valence electrons. The summed E-state index contributed by atoms with van der Waals surface area (Å²) in [5.41, 5.74) is 2.29. The van der Waals surface area contributed by atoms with Crippen molar-refractivity contribution in [1.82, 2.24) is 10.6 Å². The molecule has 0 bridgehead atoms. The van der Waals surface area contributed by atoms with E-state index in [4.69, 9.17) is 0 Å². The second-order valence-electron chi connectivity index (χ2n) is 7.28. The smallest absolute Gasteiger partial charge is 0.251 e. The molecule has 0 saturated heterocycles. The summed E-state index contributed by atoms with van der Waals surface area (Å²) in [6.45, 7) is 5.44. The van der Waals surface area contributed by atoms with Crippen LogP contribution in [0.3, 0.4) is 0 Å². The Morgan fingerprint density at radius 1 is 0.742 bits per heavy atom. The van der Waals surface area contributed by atoms with Crippen LogP contribution in [-0.4, -0.2) is 37.4 Å². The fraction of sp³-hybridized carbons (Fsp3) is 0.375. The minimum Gasteiger partial charge on any atom is -0.376 e. The van der Waals surface area contributed by atoms with Crippen LogP contribution >= 0.6 is 0 Å². The molecule has 0 aliphatic carbocycles. The van der Waals surface area contributed by atoms with Gasteiger partial charge in [0.05, 0.1) is 6.54 Å². The Bertz CT molecular complexity index is 883. The first-order valence-corrected chi connectivity index (χ1v) is 10.8. The molecule has 0 aliphatic rings. The molecular formula is C24H32N4O3. The molecule has 3 amide bonds. The highest BCUT2D eigenvalue weighted by molar-refractivity contribution is 5.98. The Kier molecular flexibility index (Phi) is 10.1. The summed E-state index contributed by atoms with van der Waals surface area (Å²) in [7, 11) is 0. The molecular weight excluding hydrogens is 392 g/mol. The van der Waals surface area contributed by atoms with E-state index in [1.807, 2.05) is 0 Å². The van der Waals surface area contributed by atoms with Crippen molar-refractivity contribution in [3.05, 3.63) is 59.7 Å². The van der Waals surface area contributed by atoms with E-state index in [0.29, 0.717) is 35.6 Å². The monoisotopic (exact) mass is 424 g/mol. The Balaban J connectivity index is 1.87. The number of hydrogen-bond acceptors (Lipinski definition) is 4. The molecule has 0 radical (unpaired) electrons. The molecule has 0 atom stereocenters. The molecule has 4 N–H and O–H groups in total. The average Bonchev–Trinajstić information content (AvgIpc) is 2.78. The summed E-state index contributed by atoms with van der Waals surface area (Å²) in [6, 6.07) is 13.9. The molecule has 7 nitrogen and oxygen atoms in total. The summed E-state index contributed by atoms with van der Waals surface area (Å²) in [4.78, 5) is 36.7. The SMILES string of the molecule is CCCCNC(=O)c1cccc(NCC(=O)Nc2cccc(C(=O)NCCCC)c2)c1. The van der Waals surface area contributed by atoms with E-state index in [1.165, 1.54) is 0 Å². The van der Waals surface area contributed by atoms with Gasteiger partial charge in [-0.1, -0.05) is 38.8 Å². The number of benzene rings is 2. The number of amides is 3. The van der Waals surface area contributed by atoms with Gasteiger partial charge in [0.2, 0.25) is 5.91 Å². The number of nitrogens with one attached hydrogen (secondary N) is 4. The van der Waals surface area contributed by atoms with Crippen LogP contribution in [0.2, 0.25) is 0 Å². The highest BCUT2D eigenvalue weighted by Crippen LogP contribution is 2.12. The number of carbonyl (C=O) groups excluding carboxylic acids is 3. The maximum Gasteiger partial charge on any atom is 0.251 e. The molecule has 0 saturated carbocycles. The molecule has 0 aromatic heterocycles. The third-order valence-corrected chi connectivity index (χ3v) is 4.62. The summed E-state index contributed by atoms with van der Waals surface area (Å²) in [6.07, 6.45) is 3.89. The fourth-order valence-corrected chi connectivity index (χ4v) is 2.86. The molecule has 0 unspecified atom stereocenters. The molecule has 2 aromatic rings. The van der Waals surface area contributed by atoms with Crippen molar-refractivity contribution >= 4 is 29.1 Å². The summed E-state index contributed by atoms with van der Waals surface area (Å²) in [5.74, 6) is -0.534. The zero-order valence-electron chi connectivity index (χ0n) is 18.3. The van der Waals surface area contributed by atoms with Crippen LogP contribution in [0.1, 0.15) is 60.2 Å². The van der Waals surface area contributed by atoms with Crippen LogP contribution < -0.4 is 21.3 Å². The third kappa shape index (κ3) is 8.50. The van der Waals surface area contributed by atoms with Crippen molar-refractivity contribution in [2.75, 3.05) is 30.3 Å². The van der Waals surface area contributed by atoms with Crippen LogP contribution in [0.4, 0.5) is 11.4 Å². The van der Waals surface area contributed by atoms with Gasteiger partial charge in [0.25, 0.3) is 11.8 Å². The summed E-state index contributed by atoms with van der Waals surface area (Å²) in [5, 5.41) is 11.6. The predicted octanol–water partition coefficient (Wildman–Crippen LogP) is 3.80. The molecule has 0 aliphatic heterocycles. The van der Waals surface area contributed by atoms with Gasteiger partial charge in [-0.2, -0.15) is 0 Å². The Hall–Kier alpha value is -3.35. The highest BCUT2D eigenvalue weighted by atomic mass is 16.2. The first-order valence-electron chi connectivity index (χ1n) is 10.8. The first kappa shape index (κ1) is 23.9. The molecule has 0 heterocycles. The molecule has 0 fully saturated rings. The van der Waals surface area contributed by atoms with E-state index >= 15 is 0 Å². The van der Waals surface area contributed by atoms with E-state index in [-0.39, 0.29) is 24.3 Å².